The maximum Gasteiger partial charge on any atom is 0.0900 e. The second kappa shape index (κ2) is 7.21. The van der Waals surface area contributed by atoms with Gasteiger partial charge in [0.25, 0.3) is 0 Å². The van der Waals surface area contributed by atoms with Crippen LogP contribution in [-0.2, 0) is 4.74 Å². The minimum absolute atomic E-state index is 0.301. The minimum atomic E-state index is -0.301. The second-order valence-corrected chi connectivity index (χ2v) is 4.09. The molecule has 0 amide bonds. The van der Waals surface area contributed by atoms with Crippen molar-refractivity contribution in [1.29, 1.82) is 0 Å². The molecule has 0 radical (unpaired) electrons. The topological polar surface area (TPSA) is 32.7 Å². The van der Waals surface area contributed by atoms with Crippen LogP contribution in [0.25, 0.3) is 0 Å². The Morgan fingerprint density at radius 3 is 2.71 bits per heavy atom. The number of hydrogen-bond donors (Lipinski definition) is 1. The van der Waals surface area contributed by atoms with Crippen LogP contribution in [0.4, 0.5) is 0 Å². The van der Waals surface area contributed by atoms with Gasteiger partial charge in [0.2, 0.25) is 0 Å². The van der Waals surface area contributed by atoms with Crippen LogP contribution in [-0.4, -0.2) is 49.0 Å². The molecule has 0 aromatic heterocycles. The fraction of sp³-hybridized carbons (Fsp3) is 1.00. The van der Waals surface area contributed by atoms with Gasteiger partial charge < -0.3 is 14.7 Å². The third-order valence-electron chi connectivity index (χ3n) is 2.62. The Labute approximate surface area is 87.1 Å². The number of β-amino-alcohol motifs (C(OH)–C–C–N with tert-alkyl or cyclic N) is 1. The zero-order valence-corrected chi connectivity index (χ0v) is 9.24. The summed E-state index contributed by atoms with van der Waals surface area (Å²) in [7, 11) is 0. The molecule has 1 fully saturated rings. The lowest BCUT2D eigenvalue weighted by atomic mass is 10.3. The second-order valence-electron chi connectivity index (χ2n) is 4.09. The molecule has 1 heterocycles. The van der Waals surface area contributed by atoms with Crippen molar-refractivity contribution < 1.29 is 9.84 Å². The molecule has 1 saturated heterocycles. The molecule has 3 nitrogen and oxygen atoms in total. The molecule has 3 heteroatoms. The smallest absolute Gasteiger partial charge is 0.0900 e. The third kappa shape index (κ3) is 4.94. The molecule has 0 aromatic rings. The highest BCUT2D eigenvalue weighted by molar-refractivity contribution is 4.69. The molecule has 1 N–H and O–H groups in total. The van der Waals surface area contributed by atoms with Crippen LogP contribution in [0.5, 0.6) is 0 Å². The van der Waals surface area contributed by atoms with E-state index in [1.807, 2.05) is 0 Å². The normalized spacial score (nSPS) is 20.1. The van der Waals surface area contributed by atoms with Crippen molar-refractivity contribution in [2.24, 2.45) is 0 Å². The molecular formula is C11H23NO2. The van der Waals surface area contributed by atoms with Crippen LogP contribution in [0.2, 0.25) is 0 Å². The first-order valence-electron chi connectivity index (χ1n) is 5.81. The molecule has 84 valence electrons. The number of aliphatic hydroxyl groups is 1. The molecule has 0 aromatic carbocycles. The first-order chi connectivity index (χ1) is 6.83. The van der Waals surface area contributed by atoms with Crippen LogP contribution >= 0.6 is 0 Å². The zero-order chi connectivity index (χ0) is 10.2. The summed E-state index contributed by atoms with van der Waals surface area (Å²) in [6.07, 6.45) is 4.51. The first kappa shape index (κ1) is 12.0. The van der Waals surface area contributed by atoms with Gasteiger partial charge in [0.15, 0.2) is 0 Å². The van der Waals surface area contributed by atoms with Gasteiger partial charge in [-0.25, -0.2) is 0 Å². The number of rotatable bonds is 7. The highest BCUT2D eigenvalue weighted by Crippen LogP contribution is 2.07. The Hall–Kier alpha value is -0.120. The van der Waals surface area contributed by atoms with E-state index < -0.39 is 0 Å². The van der Waals surface area contributed by atoms with E-state index in [4.69, 9.17) is 4.74 Å². The molecule has 1 rings (SSSR count). The number of hydrogen-bond acceptors (Lipinski definition) is 3. The zero-order valence-electron chi connectivity index (χ0n) is 9.24. The van der Waals surface area contributed by atoms with Crippen molar-refractivity contribution in [1.82, 2.24) is 4.90 Å². The van der Waals surface area contributed by atoms with Crippen LogP contribution in [0.15, 0.2) is 0 Å². The van der Waals surface area contributed by atoms with Crippen LogP contribution < -0.4 is 0 Å². The molecule has 0 unspecified atom stereocenters. The Morgan fingerprint density at radius 1 is 1.36 bits per heavy atom. The van der Waals surface area contributed by atoms with E-state index >= 15 is 0 Å². The Bertz CT molecular complexity index is 135. The molecule has 0 bridgehead atoms. The summed E-state index contributed by atoms with van der Waals surface area (Å²) in [6, 6.07) is 0. The fourth-order valence-corrected chi connectivity index (χ4v) is 1.78. The molecule has 1 aliphatic rings. The quantitative estimate of drug-likeness (QED) is 0.629. The summed E-state index contributed by atoms with van der Waals surface area (Å²) >= 11 is 0. The van der Waals surface area contributed by atoms with Gasteiger partial charge in [0, 0.05) is 13.2 Å². The van der Waals surface area contributed by atoms with Gasteiger partial charge in [-0.05, 0) is 32.4 Å². The van der Waals surface area contributed by atoms with E-state index in [1.54, 1.807) is 0 Å². The average molecular weight is 201 g/mol. The summed E-state index contributed by atoms with van der Waals surface area (Å²) in [4.78, 5) is 2.31. The van der Waals surface area contributed by atoms with Gasteiger partial charge in [-0.15, -0.1) is 0 Å². The van der Waals surface area contributed by atoms with E-state index in [2.05, 4.69) is 11.8 Å². The lowest BCUT2D eigenvalue weighted by Gasteiger charge is -2.19. The number of aliphatic hydroxyl groups excluding tert-OH is 1. The van der Waals surface area contributed by atoms with Crippen molar-refractivity contribution >= 4 is 0 Å². The Balaban J connectivity index is 1.95. The summed E-state index contributed by atoms with van der Waals surface area (Å²) in [6.45, 7) is 6.50. The van der Waals surface area contributed by atoms with Crippen molar-refractivity contribution in [2.45, 2.75) is 38.7 Å². The van der Waals surface area contributed by atoms with Crippen LogP contribution in [0, 0.1) is 0 Å². The van der Waals surface area contributed by atoms with Gasteiger partial charge in [-0.3, -0.25) is 0 Å². The van der Waals surface area contributed by atoms with Gasteiger partial charge >= 0.3 is 0 Å². The molecule has 0 saturated carbocycles. The van der Waals surface area contributed by atoms with Gasteiger partial charge in [0.1, 0.15) is 0 Å². The van der Waals surface area contributed by atoms with E-state index in [0.717, 1.165) is 39.1 Å². The molecule has 1 atom stereocenters. The minimum Gasteiger partial charge on any atom is -0.389 e. The number of unbranched alkanes of at least 4 members (excludes halogenated alkanes) is 1. The SMILES string of the molecule is CCCCOC[C@H](O)CN1CCCC1. The predicted molar refractivity (Wildman–Crippen MR) is 57.4 cm³/mol. The Morgan fingerprint density at radius 2 is 2.07 bits per heavy atom. The largest absolute Gasteiger partial charge is 0.389 e. The summed E-state index contributed by atoms with van der Waals surface area (Å²) in [5.74, 6) is 0. The summed E-state index contributed by atoms with van der Waals surface area (Å²) < 4.78 is 5.37. The summed E-state index contributed by atoms with van der Waals surface area (Å²) in [5.41, 5.74) is 0. The van der Waals surface area contributed by atoms with E-state index in [1.165, 1.54) is 12.8 Å². The number of ether oxygens (including phenoxy) is 1. The van der Waals surface area contributed by atoms with Gasteiger partial charge in [-0.1, -0.05) is 13.3 Å². The molecule has 14 heavy (non-hydrogen) atoms. The average Bonchev–Trinajstić information content (AvgIpc) is 2.65. The Kier molecular flexibility index (Phi) is 6.15. The number of nitrogens with zero attached hydrogens (tertiary/aromatic N) is 1. The van der Waals surface area contributed by atoms with Crippen molar-refractivity contribution in [3.63, 3.8) is 0 Å². The molecule has 0 spiro atoms. The highest BCUT2D eigenvalue weighted by atomic mass is 16.5. The molecular weight excluding hydrogens is 178 g/mol. The van der Waals surface area contributed by atoms with Crippen LogP contribution in [0.3, 0.4) is 0 Å². The van der Waals surface area contributed by atoms with E-state index in [0.29, 0.717) is 6.61 Å². The van der Waals surface area contributed by atoms with Gasteiger partial charge in [0.05, 0.1) is 12.7 Å². The maximum absolute atomic E-state index is 9.64. The van der Waals surface area contributed by atoms with Gasteiger partial charge in [-0.2, -0.15) is 0 Å². The highest BCUT2D eigenvalue weighted by Gasteiger charge is 2.15. The first-order valence-corrected chi connectivity index (χ1v) is 5.81. The third-order valence-corrected chi connectivity index (χ3v) is 2.62. The van der Waals surface area contributed by atoms with Crippen molar-refractivity contribution in [2.75, 3.05) is 32.8 Å². The van der Waals surface area contributed by atoms with E-state index in [9.17, 15) is 5.11 Å². The maximum atomic E-state index is 9.64. The van der Waals surface area contributed by atoms with Crippen LogP contribution in [0.1, 0.15) is 32.6 Å². The van der Waals surface area contributed by atoms with Crippen molar-refractivity contribution in [3.05, 3.63) is 0 Å². The number of likely N-dealkylation sites (tertiary alicyclic amines) is 1. The fourth-order valence-electron chi connectivity index (χ4n) is 1.78. The summed E-state index contributed by atoms with van der Waals surface area (Å²) in [5, 5.41) is 9.64. The monoisotopic (exact) mass is 201 g/mol. The molecule has 1 aliphatic heterocycles. The molecule has 0 aliphatic carbocycles. The van der Waals surface area contributed by atoms with E-state index in [-0.39, 0.29) is 6.10 Å². The lowest BCUT2D eigenvalue weighted by Crippen LogP contribution is -2.32. The lowest BCUT2D eigenvalue weighted by molar-refractivity contribution is 0.0196. The van der Waals surface area contributed by atoms with Crippen molar-refractivity contribution in [3.8, 4) is 0 Å². The predicted octanol–water partition coefficient (Wildman–Crippen LogP) is 1.26. The standard InChI is InChI=1S/C11H23NO2/c1-2-3-8-14-10-11(13)9-12-6-4-5-7-12/h11,13H,2-10H2,1H3/t11-/m1/s1.